The summed E-state index contributed by atoms with van der Waals surface area (Å²) in [5.74, 6) is -1.60. The molecule has 122 valence electrons. The molecule has 0 aliphatic heterocycles. The van der Waals surface area contributed by atoms with Gasteiger partial charge in [-0.25, -0.2) is 0 Å². The number of nitrogens with one attached hydrogen (secondary N) is 2. The van der Waals surface area contributed by atoms with Gasteiger partial charge in [-0.2, -0.15) is 0 Å². The molecule has 1 atom stereocenters. The van der Waals surface area contributed by atoms with Gasteiger partial charge < -0.3 is 19.8 Å². The first-order chi connectivity index (χ1) is 11.0. The molecule has 0 saturated heterocycles. The van der Waals surface area contributed by atoms with Crippen molar-refractivity contribution in [2.45, 2.75) is 6.10 Å². The second kappa shape index (κ2) is 7.41. The molecule has 8 heteroatoms. The van der Waals surface area contributed by atoms with Crippen LogP contribution in [0.25, 0.3) is 0 Å². The zero-order valence-electron chi connectivity index (χ0n) is 12.8. The predicted molar refractivity (Wildman–Crippen MR) is 83.9 cm³/mol. The molecule has 1 aromatic heterocycles. The van der Waals surface area contributed by atoms with E-state index >= 15 is 0 Å². The van der Waals surface area contributed by atoms with Crippen LogP contribution < -0.4 is 15.5 Å². The lowest BCUT2D eigenvalue weighted by Gasteiger charge is -2.15. The summed E-state index contributed by atoms with van der Waals surface area (Å²) in [6.45, 7) is -0.0770. The van der Waals surface area contributed by atoms with Gasteiger partial charge in [0.15, 0.2) is 5.82 Å². The molecule has 0 radical (unpaired) electrons. The zero-order chi connectivity index (χ0) is 16.8. The first-order valence-corrected chi connectivity index (χ1v) is 6.92. The second-order valence-electron chi connectivity index (χ2n) is 5.05. The van der Waals surface area contributed by atoms with E-state index in [1.165, 1.54) is 12.3 Å². The Bertz CT molecular complexity index is 653. The molecule has 1 heterocycles. The van der Waals surface area contributed by atoms with E-state index in [1.54, 1.807) is 12.1 Å². The SMILES string of the molecule is CN(C)c1ccc([C@H](O)CNC(=O)C(=O)Nc2ccon2)cc1. The maximum absolute atomic E-state index is 11.6. The van der Waals surface area contributed by atoms with Gasteiger partial charge in [0, 0.05) is 32.4 Å². The first kappa shape index (κ1) is 16.5. The number of hydrogen-bond donors (Lipinski definition) is 3. The molecule has 0 aliphatic rings. The molecule has 1 aromatic carbocycles. The van der Waals surface area contributed by atoms with Gasteiger partial charge in [0.1, 0.15) is 6.26 Å². The number of benzene rings is 1. The van der Waals surface area contributed by atoms with E-state index in [4.69, 9.17) is 0 Å². The Morgan fingerprint density at radius 3 is 2.48 bits per heavy atom. The van der Waals surface area contributed by atoms with E-state index in [1.807, 2.05) is 31.1 Å². The number of amides is 2. The third-order valence-electron chi connectivity index (χ3n) is 3.14. The first-order valence-electron chi connectivity index (χ1n) is 6.92. The molecule has 0 unspecified atom stereocenters. The highest BCUT2D eigenvalue weighted by atomic mass is 16.5. The fourth-order valence-corrected chi connectivity index (χ4v) is 1.83. The number of nitrogens with zero attached hydrogens (tertiary/aromatic N) is 2. The van der Waals surface area contributed by atoms with Gasteiger partial charge in [-0.05, 0) is 17.7 Å². The third kappa shape index (κ3) is 4.55. The van der Waals surface area contributed by atoms with E-state index < -0.39 is 17.9 Å². The fourth-order valence-electron chi connectivity index (χ4n) is 1.83. The number of carbonyl (C=O) groups is 2. The largest absolute Gasteiger partial charge is 0.387 e. The number of anilines is 2. The van der Waals surface area contributed by atoms with Crippen LogP contribution in [0.5, 0.6) is 0 Å². The van der Waals surface area contributed by atoms with Crippen molar-refractivity contribution >= 4 is 23.3 Å². The van der Waals surface area contributed by atoms with Gasteiger partial charge in [0.25, 0.3) is 0 Å². The zero-order valence-corrected chi connectivity index (χ0v) is 12.8. The number of aromatic nitrogens is 1. The van der Waals surface area contributed by atoms with Crippen LogP contribution in [0, 0.1) is 0 Å². The van der Waals surface area contributed by atoms with Crippen LogP contribution in [0.15, 0.2) is 41.1 Å². The monoisotopic (exact) mass is 318 g/mol. The highest BCUT2D eigenvalue weighted by Crippen LogP contribution is 2.17. The van der Waals surface area contributed by atoms with Crippen LogP contribution in [0.1, 0.15) is 11.7 Å². The van der Waals surface area contributed by atoms with Crippen molar-refractivity contribution in [1.29, 1.82) is 0 Å². The Morgan fingerprint density at radius 1 is 1.22 bits per heavy atom. The van der Waals surface area contributed by atoms with Gasteiger partial charge in [0.2, 0.25) is 0 Å². The van der Waals surface area contributed by atoms with Crippen molar-refractivity contribution in [2.75, 3.05) is 30.9 Å². The summed E-state index contributed by atoms with van der Waals surface area (Å²) in [5.41, 5.74) is 1.64. The average Bonchev–Trinajstić information content (AvgIpc) is 3.05. The summed E-state index contributed by atoms with van der Waals surface area (Å²) in [4.78, 5) is 25.2. The van der Waals surface area contributed by atoms with Gasteiger partial charge in [0.05, 0.1) is 6.10 Å². The number of aliphatic hydroxyl groups is 1. The molecular formula is C15H18N4O4. The van der Waals surface area contributed by atoms with Crippen molar-refractivity contribution in [3.63, 3.8) is 0 Å². The molecule has 0 saturated carbocycles. The van der Waals surface area contributed by atoms with Gasteiger partial charge in [-0.1, -0.05) is 17.3 Å². The average molecular weight is 318 g/mol. The Balaban J connectivity index is 1.84. The molecule has 8 nitrogen and oxygen atoms in total. The van der Waals surface area contributed by atoms with Crippen LogP contribution >= 0.6 is 0 Å². The number of hydrogen-bond acceptors (Lipinski definition) is 6. The molecular weight excluding hydrogens is 300 g/mol. The molecule has 0 bridgehead atoms. The standard InChI is InChI=1S/C15H18N4O4/c1-19(2)11-5-3-10(4-6-11)12(20)9-16-14(21)15(22)17-13-7-8-23-18-13/h3-8,12,20H,9H2,1-2H3,(H,16,21)(H,17,18,22)/t12-/m1/s1. The van der Waals surface area contributed by atoms with E-state index in [0.717, 1.165) is 5.69 Å². The molecule has 3 N–H and O–H groups in total. The predicted octanol–water partition coefficient (Wildman–Crippen LogP) is 0.529. The maximum atomic E-state index is 11.6. The number of aliphatic hydroxyl groups excluding tert-OH is 1. The van der Waals surface area contributed by atoms with Crippen molar-refractivity contribution in [1.82, 2.24) is 10.5 Å². The molecule has 0 spiro atoms. The minimum atomic E-state index is -0.907. The van der Waals surface area contributed by atoms with Crippen molar-refractivity contribution in [3.8, 4) is 0 Å². The molecule has 2 aromatic rings. The minimum absolute atomic E-state index is 0.0770. The molecule has 23 heavy (non-hydrogen) atoms. The second-order valence-corrected chi connectivity index (χ2v) is 5.05. The third-order valence-corrected chi connectivity index (χ3v) is 3.14. The lowest BCUT2D eigenvalue weighted by atomic mass is 10.1. The topological polar surface area (TPSA) is 108 Å². The van der Waals surface area contributed by atoms with Crippen LogP contribution in [0.2, 0.25) is 0 Å². The molecule has 0 aliphatic carbocycles. The van der Waals surface area contributed by atoms with Gasteiger partial charge in [-0.15, -0.1) is 0 Å². The highest BCUT2D eigenvalue weighted by molar-refractivity contribution is 6.39. The normalized spacial score (nSPS) is 11.6. The van der Waals surface area contributed by atoms with E-state index in [9.17, 15) is 14.7 Å². The molecule has 2 rings (SSSR count). The van der Waals surface area contributed by atoms with E-state index in [-0.39, 0.29) is 12.4 Å². The fraction of sp³-hybridized carbons (Fsp3) is 0.267. The Labute approximate surface area is 133 Å². The Morgan fingerprint density at radius 2 is 1.91 bits per heavy atom. The molecule has 0 fully saturated rings. The van der Waals surface area contributed by atoms with E-state index in [0.29, 0.717) is 5.56 Å². The highest BCUT2D eigenvalue weighted by Gasteiger charge is 2.16. The Hall–Kier alpha value is -2.87. The smallest absolute Gasteiger partial charge is 0.314 e. The minimum Gasteiger partial charge on any atom is -0.387 e. The summed E-state index contributed by atoms with van der Waals surface area (Å²) < 4.78 is 4.54. The molecule has 2 amide bonds. The van der Waals surface area contributed by atoms with Crippen LogP contribution in [-0.4, -0.2) is 42.7 Å². The lowest BCUT2D eigenvalue weighted by Crippen LogP contribution is -2.37. The van der Waals surface area contributed by atoms with Crippen LogP contribution in [0.4, 0.5) is 11.5 Å². The maximum Gasteiger partial charge on any atom is 0.314 e. The van der Waals surface area contributed by atoms with E-state index in [2.05, 4.69) is 20.3 Å². The van der Waals surface area contributed by atoms with Crippen molar-refractivity contribution < 1.29 is 19.2 Å². The quantitative estimate of drug-likeness (QED) is 0.694. The van der Waals surface area contributed by atoms with Crippen LogP contribution in [0.3, 0.4) is 0 Å². The summed E-state index contributed by atoms with van der Waals surface area (Å²) in [6, 6.07) is 8.66. The Kier molecular flexibility index (Phi) is 5.32. The van der Waals surface area contributed by atoms with Gasteiger partial charge in [-0.3, -0.25) is 14.9 Å². The van der Waals surface area contributed by atoms with Crippen LogP contribution in [-0.2, 0) is 9.59 Å². The summed E-state index contributed by atoms with van der Waals surface area (Å²) in [5, 5.41) is 18.1. The van der Waals surface area contributed by atoms with Gasteiger partial charge >= 0.3 is 11.8 Å². The summed E-state index contributed by atoms with van der Waals surface area (Å²) in [6.07, 6.45) is 0.365. The summed E-state index contributed by atoms with van der Waals surface area (Å²) in [7, 11) is 3.83. The number of carbonyl (C=O) groups excluding carboxylic acids is 2. The lowest BCUT2D eigenvalue weighted by molar-refractivity contribution is -0.136. The summed E-state index contributed by atoms with van der Waals surface area (Å²) >= 11 is 0. The van der Waals surface area contributed by atoms with Crippen molar-refractivity contribution in [2.24, 2.45) is 0 Å². The number of rotatable bonds is 5. The van der Waals surface area contributed by atoms with Crippen molar-refractivity contribution in [3.05, 3.63) is 42.2 Å².